The first-order valence-electron chi connectivity index (χ1n) is 6.87. The number of nitrogens with two attached hydrogens (primary N) is 1. The molecular formula is C15H24N2. The highest BCUT2D eigenvalue weighted by Crippen LogP contribution is 2.25. The zero-order valence-electron chi connectivity index (χ0n) is 10.8. The van der Waals surface area contributed by atoms with Crippen LogP contribution in [0, 0.1) is 5.92 Å². The average molecular weight is 232 g/mol. The summed E-state index contributed by atoms with van der Waals surface area (Å²) in [6, 6.07) is 11.1. The first kappa shape index (κ1) is 12.4. The Kier molecular flexibility index (Phi) is 4.43. The second kappa shape index (κ2) is 6.06. The van der Waals surface area contributed by atoms with E-state index in [4.69, 9.17) is 5.73 Å². The molecule has 0 saturated carbocycles. The Labute approximate surface area is 105 Å². The number of rotatable bonds is 4. The van der Waals surface area contributed by atoms with Crippen LogP contribution in [0.25, 0.3) is 0 Å². The van der Waals surface area contributed by atoms with Gasteiger partial charge in [0.25, 0.3) is 0 Å². The number of para-hydroxylation sites is 1. The minimum absolute atomic E-state index is 0.404. The maximum absolute atomic E-state index is 6.23. The molecule has 0 aromatic heterocycles. The molecule has 94 valence electrons. The molecule has 0 bridgehead atoms. The van der Waals surface area contributed by atoms with Crippen LogP contribution in [0.15, 0.2) is 30.3 Å². The first-order chi connectivity index (χ1) is 8.31. The molecule has 1 aliphatic rings. The number of unbranched alkanes of at least 4 members (excludes halogenated alkanes) is 1. The van der Waals surface area contributed by atoms with E-state index < -0.39 is 0 Å². The molecular weight excluding hydrogens is 208 g/mol. The van der Waals surface area contributed by atoms with Gasteiger partial charge in [-0.2, -0.15) is 0 Å². The first-order valence-corrected chi connectivity index (χ1v) is 6.87. The molecule has 0 aliphatic carbocycles. The number of nitrogens with zero attached hydrogens (tertiary/aromatic N) is 1. The zero-order valence-corrected chi connectivity index (χ0v) is 10.8. The van der Waals surface area contributed by atoms with Gasteiger partial charge in [0.2, 0.25) is 0 Å². The Bertz CT molecular complexity index is 323. The second-order valence-electron chi connectivity index (χ2n) is 5.14. The normalized spacial score (nSPS) is 24.9. The Morgan fingerprint density at radius 1 is 1.29 bits per heavy atom. The Morgan fingerprint density at radius 2 is 2.06 bits per heavy atom. The van der Waals surface area contributed by atoms with Crippen molar-refractivity contribution >= 4 is 5.69 Å². The number of benzene rings is 1. The van der Waals surface area contributed by atoms with Gasteiger partial charge in [0.05, 0.1) is 0 Å². The number of piperidine rings is 1. The van der Waals surface area contributed by atoms with Gasteiger partial charge in [-0.1, -0.05) is 38.0 Å². The highest BCUT2D eigenvalue weighted by molar-refractivity contribution is 5.46. The zero-order chi connectivity index (χ0) is 12.1. The third kappa shape index (κ3) is 3.22. The van der Waals surface area contributed by atoms with Crippen molar-refractivity contribution in [3.63, 3.8) is 0 Å². The third-order valence-corrected chi connectivity index (χ3v) is 3.84. The Morgan fingerprint density at radius 3 is 2.76 bits per heavy atom. The van der Waals surface area contributed by atoms with E-state index in [1.54, 1.807) is 0 Å². The van der Waals surface area contributed by atoms with E-state index in [-0.39, 0.29) is 0 Å². The molecule has 2 N–H and O–H groups in total. The van der Waals surface area contributed by atoms with Crippen LogP contribution in [-0.4, -0.2) is 19.1 Å². The molecule has 17 heavy (non-hydrogen) atoms. The number of hydrogen-bond acceptors (Lipinski definition) is 2. The maximum atomic E-state index is 6.23. The van der Waals surface area contributed by atoms with Crippen LogP contribution in [0.2, 0.25) is 0 Å². The van der Waals surface area contributed by atoms with E-state index in [9.17, 15) is 0 Å². The van der Waals surface area contributed by atoms with Crippen LogP contribution in [0.4, 0.5) is 5.69 Å². The lowest BCUT2D eigenvalue weighted by Crippen LogP contribution is -2.47. The molecule has 1 saturated heterocycles. The van der Waals surface area contributed by atoms with Gasteiger partial charge in [0.15, 0.2) is 0 Å². The molecule has 0 radical (unpaired) electrons. The highest BCUT2D eigenvalue weighted by Gasteiger charge is 2.25. The molecule has 1 aromatic rings. The fourth-order valence-electron chi connectivity index (χ4n) is 2.70. The van der Waals surface area contributed by atoms with E-state index in [2.05, 4.69) is 42.2 Å². The topological polar surface area (TPSA) is 29.3 Å². The van der Waals surface area contributed by atoms with Gasteiger partial charge in [0.1, 0.15) is 0 Å². The summed E-state index contributed by atoms with van der Waals surface area (Å²) in [7, 11) is 0. The summed E-state index contributed by atoms with van der Waals surface area (Å²) in [5.41, 5.74) is 7.58. The summed E-state index contributed by atoms with van der Waals surface area (Å²) in [5, 5.41) is 0. The fourth-order valence-corrected chi connectivity index (χ4v) is 2.70. The molecule has 0 spiro atoms. The van der Waals surface area contributed by atoms with Crippen LogP contribution < -0.4 is 10.6 Å². The van der Waals surface area contributed by atoms with E-state index in [1.165, 1.54) is 24.9 Å². The molecule has 0 amide bonds. The van der Waals surface area contributed by atoms with Crippen LogP contribution in [0.3, 0.4) is 0 Å². The van der Waals surface area contributed by atoms with Crippen molar-refractivity contribution in [1.82, 2.24) is 0 Å². The van der Waals surface area contributed by atoms with Crippen LogP contribution in [-0.2, 0) is 0 Å². The molecule has 1 aromatic carbocycles. The number of hydrogen-bond donors (Lipinski definition) is 1. The van der Waals surface area contributed by atoms with Crippen molar-refractivity contribution in [1.29, 1.82) is 0 Å². The lowest BCUT2D eigenvalue weighted by atomic mass is 9.88. The smallest absolute Gasteiger partial charge is 0.0366 e. The van der Waals surface area contributed by atoms with Crippen molar-refractivity contribution in [2.75, 3.05) is 18.0 Å². The molecule has 2 rings (SSSR count). The van der Waals surface area contributed by atoms with Crippen molar-refractivity contribution in [3.8, 4) is 0 Å². The average Bonchev–Trinajstić information content (AvgIpc) is 2.39. The maximum Gasteiger partial charge on any atom is 0.0366 e. The lowest BCUT2D eigenvalue weighted by Gasteiger charge is -2.38. The third-order valence-electron chi connectivity index (χ3n) is 3.84. The Balaban J connectivity index is 1.97. The van der Waals surface area contributed by atoms with E-state index >= 15 is 0 Å². The lowest BCUT2D eigenvalue weighted by molar-refractivity contribution is 0.330. The van der Waals surface area contributed by atoms with Crippen LogP contribution in [0.1, 0.15) is 32.6 Å². The fraction of sp³-hybridized carbons (Fsp3) is 0.600. The van der Waals surface area contributed by atoms with Crippen LogP contribution >= 0.6 is 0 Å². The number of anilines is 1. The molecule has 1 fully saturated rings. The van der Waals surface area contributed by atoms with E-state index in [0.29, 0.717) is 12.0 Å². The molecule has 2 heteroatoms. The van der Waals surface area contributed by atoms with Gasteiger partial charge in [-0.3, -0.25) is 0 Å². The minimum Gasteiger partial charge on any atom is -0.371 e. The van der Waals surface area contributed by atoms with Gasteiger partial charge in [-0.25, -0.2) is 0 Å². The summed E-state index contributed by atoms with van der Waals surface area (Å²) < 4.78 is 0. The largest absolute Gasteiger partial charge is 0.371 e. The van der Waals surface area contributed by atoms with Gasteiger partial charge in [-0.15, -0.1) is 0 Å². The molecule has 1 aliphatic heterocycles. The molecule has 2 nitrogen and oxygen atoms in total. The van der Waals surface area contributed by atoms with E-state index in [0.717, 1.165) is 19.5 Å². The Hall–Kier alpha value is -1.02. The minimum atomic E-state index is 0.404. The molecule has 2 atom stereocenters. The van der Waals surface area contributed by atoms with Gasteiger partial charge in [-0.05, 0) is 30.9 Å². The highest BCUT2D eigenvalue weighted by atomic mass is 15.1. The van der Waals surface area contributed by atoms with Gasteiger partial charge in [0, 0.05) is 24.8 Å². The summed E-state index contributed by atoms with van der Waals surface area (Å²) in [4.78, 5) is 2.49. The van der Waals surface area contributed by atoms with Crippen molar-refractivity contribution in [3.05, 3.63) is 30.3 Å². The second-order valence-corrected chi connectivity index (χ2v) is 5.14. The van der Waals surface area contributed by atoms with Gasteiger partial charge < -0.3 is 10.6 Å². The monoisotopic (exact) mass is 232 g/mol. The van der Waals surface area contributed by atoms with E-state index in [1.807, 2.05) is 0 Å². The summed E-state index contributed by atoms with van der Waals surface area (Å²) >= 11 is 0. The SMILES string of the molecule is CCCCC1CN(c2ccccc2)CCC1N. The van der Waals surface area contributed by atoms with Gasteiger partial charge >= 0.3 is 0 Å². The summed E-state index contributed by atoms with van der Waals surface area (Å²) in [6.45, 7) is 4.49. The van der Waals surface area contributed by atoms with Crippen molar-refractivity contribution in [2.24, 2.45) is 11.7 Å². The predicted octanol–water partition coefficient (Wildman–Crippen LogP) is 3.03. The van der Waals surface area contributed by atoms with Crippen LogP contribution in [0.5, 0.6) is 0 Å². The predicted molar refractivity (Wildman–Crippen MR) is 74.3 cm³/mol. The van der Waals surface area contributed by atoms with Crippen molar-refractivity contribution in [2.45, 2.75) is 38.6 Å². The molecule has 1 heterocycles. The summed E-state index contributed by atoms with van der Waals surface area (Å²) in [6.07, 6.45) is 4.99. The molecule has 2 unspecified atom stereocenters. The quantitative estimate of drug-likeness (QED) is 0.864. The van der Waals surface area contributed by atoms with Crippen molar-refractivity contribution < 1.29 is 0 Å². The summed E-state index contributed by atoms with van der Waals surface area (Å²) in [5.74, 6) is 0.670. The standard InChI is InChI=1S/C15H24N2/c1-2-3-7-13-12-17(11-10-15(13)16)14-8-5-4-6-9-14/h4-6,8-9,13,15H,2-3,7,10-12,16H2,1H3.